The van der Waals surface area contributed by atoms with Gasteiger partial charge in [-0.25, -0.2) is 9.97 Å². The van der Waals surface area contributed by atoms with E-state index < -0.39 is 0 Å². The smallest absolute Gasteiger partial charge is 0.222 e. The fourth-order valence-electron chi connectivity index (χ4n) is 3.64. The molecule has 0 aromatic carbocycles. The molecule has 128 valence electrons. The maximum absolute atomic E-state index is 12.4. The average molecular weight is 345 g/mol. The number of hydrogen-bond donors (Lipinski definition) is 1. The number of rotatable bonds is 4. The fourth-order valence-corrected chi connectivity index (χ4v) is 4.37. The van der Waals surface area contributed by atoms with E-state index in [4.69, 9.17) is 0 Å². The van der Waals surface area contributed by atoms with Crippen molar-refractivity contribution in [2.24, 2.45) is 5.92 Å². The average Bonchev–Trinajstić information content (AvgIpc) is 3.31. The second kappa shape index (κ2) is 7.03. The van der Waals surface area contributed by atoms with Crippen molar-refractivity contribution < 1.29 is 4.79 Å². The molecule has 2 fully saturated rings. The molecule has 1 atom stereocenters. The van der Waals surface area contributed by atoms with Gasteiger partial charge in [0.1, 0.15) is 17.0 Å². The number of nitrogens with one attached hydrogen (secondary N) is 1. The number of nitrogens with zero attached hydrogens (tertiary/aromatic N) is 4. The van der Waals surface area contributed by atoms with Gasteiger partial charge in [0.2, 0.25) is 5.91 Å². The second-order valence-corrected chi connectivity index (χ2v) is 7.50. The molecule has 0 saturated carbocycles. The first-order chi connectivity index (χ1) is 11.8. The van der Waals surface area contributed by atoms with Crippen molar-refractivity contribution in [2.75, 3.05) is 44.2 Å². The Morgan fingerprint density at radius 1 is 1.29 bits per heavy atom. The lowest BCUT2D eigenvalue weighted by Gasteiger charge is -2.35. The number of piperazine rings is 1. The van der Waals surface area contributed by atoms with Gasteiger partial charge >= 0.3 is 0 Å². The van der Waals surface area contributed by atoms with Gasteiger partial charge in [0.25, 0.3) is 0 Å². The Morgan fingerprint density at radius 2 is 2.17 bits per heavy atom. The van der Waals surface area contributed by atoms with E-state index in [1.807, 2.05) is 4.90 Å². The van der Waals surface area contributed by atoms with Crippen LogP contribution in [0.4, 0.5) is 5.82 Å². The molecule has 2 aliphatic rings. The van der Waals surface area contributed by atoms with Crippen molar-refractivity contribution in [3.8, 4) is 0 Å². The summed E-state index contributed by atoms with van der Waals surface area (Å²) < 4.78 is 0. The minimum absolute atomic E-state index is 0.310. The molecule has 1 N–H and O–H groups in total. The largest absolute Gasteiger partial charge is 0.352 e. The number of fused-ring (bicyclic) bond motifs is 1. The topological polar surface area (TPSA) is 61.4 Å². The molecule has 0 aliphatic carbocycles. The molecule has 2 aromatic heterocycles. The molecule has 24 heavy (non-hydrogen) atoms. The van der Waals surface area contributed by atoms with Crippen molar-refractivity contribution in [2.45, 2.75) is 19.3 Å². The minimum Gasteiger partial charge on any atom is -0.352 e. The maximum Gasteiger partial charge on any atom is 0.222 e. The van der Waals surface area contributed by atoms with E-state index in [0.29, 0.717) is 18.2 Å². The van der Waals surface area contributed by atoms with Crippen LogP contribution in [0, 0.1) is 5.92 Å². The fraction of sp³-hybridized carbons (Fsp3) is 0.588. The summed E-state index contributed by atoms with van der Waals surface area (Å²) in [5.41, 5.74) is 0. The Hall–Kier alpha value is -1.73. The van der Waals surface area contributed by atoms with Crippen LogP contribution in [0.5, 0.6) is 0 Å². The van der Waals surface area contributed by atoms with Crippen molar-refractivity contribution in [1.29, 1.82) is 0 Å². The Bertz CT molecular complexity index is 704. The van der Waals surface area contributed by atoms with Crippen LogP contribution in [0.3, 0.4) is 0 Å². The summed E-state index contributed by atoms with van der Waals surface area (Å²) in [6, 6.07) is 2.09. The Morgan fingerprint density at radius 3 is 2.96 bits per heavy atom. The van der Waals surface area contributed by atoms with E-state index in [-0.39, 0.29) is 0 Å². The summed E-state index contributed by atoms with van der Waals surface area (Å²) in [6.07, 6.45) is 4.56. The van der Waals surface area contributed by atoms with Gasteiger partial charge in [-0.15, -0.1) is 11.3 Å². The lowest BCUT2D eigenvalue weighted by Crippen LogP contribution is -2.49. The molecule has 0 spiro atoms. The molecular weight excluding hydrogens is 322 g/mol. The highest BCUT2D eigenvalue weighted by atomic mass is 32.1. The summed E-state index contributed by atoms with van der Waals surface area (Å²) in [4.78, 5) is 26.5. The van der Waals surface area contributed by atoms with Gasteiger partial charge in [0.15, 0.2) is 0 Å². The van der Waals surface area contributed by atoms with Gasteiger partial charge in [-0.2, -0.15) is 0 Å². The number of carbonyl (C=O) groups excluding carboxylic acids is 1. The Balaban J connectivity index is 1.33. The van der Waals surface area contributed by atoms with Crippen molar-refractivity contribution >= 4 is 33.3 Å². The molecule has 2 aliphatic heterocycles. The molecule has 2 saturated heterocycles. The number of amides is 1. The van der Waals surface area contributed by atoms with Crippen LogP contribution in [0.1, 0.15) is 19.3 Å². The molecule has 0 radical (unpaired) electrons. The van der Waals surface area contributed by atoms with E-state index in [9.17, 15) is 4.79 Å². The van der Waals surface area contributed by atoms with Gasteiger partial charge in [0.05, 0.1) is 5.39 Å². The first-order valence-electron chi connectivity index (χ1n) is 8.73. The number of thiophene rings is 1. The predicted molar refractivity (Wildman–Crippen MR) is 96.4 cm³/mol. The van der Waals surface area contributed by atoms with Crippen molar-refractivity contribution in [3.63, 3.8) is 0 Å². The zero-order valence-corrected chi connectivity index (χ0v) is 14.6. The van der Waals surface area contributed by atoms with Gasteiger partial charge < -0.3 is 15.1 Å². The molecule has 7 heteroatoms. The zero-order chi connectivity index (χ0) is 16.4. The molecule has 4 heterocycles. The summed E-state index contributed by atoms with van der Waals surface area (Å²) >= 11 is 1.64. The second-order valence-electron chi connectivity index (χ2n) is 6.60. The molecule has 4 rings (SSSR count). The highest BCUT2D eigenvalue weighted by Gasteiger charge is 2.24. The number of hydrogen-bond acceptors (Lipinski definition) is 6. The van der Waals surface area contributed by atoms with Crippen molar-refractivity contribution in [3.05, 3.63) is 17.8 Å². The van der Waals surface area contributed by atoms with Crippen LogP contribution >= 0.6 is 11.3 Å². The SMILES string of the molecule is O=C(CCC1CCNC1)N1CCN(c2ncnc3sccc23)CC1. The first-order valence-corrected chi connectivity index (χ1v) is 9.61. The molecule has 2 aromatic rings. The van der Waals surface area contributed by atoms with Crippen LogP contribution in [0.2, 0.25) is 0 Å². The predicted octanol–water partition coefficient (Wildman–Crippen LogP) is 1.73. The molecule has 1 unspecified atom stereocenters. The third kappa shape index (κ3) is 3.23. The molecular formula is C17H23N5OS. The summed E-state index contributed by atoms with van der Waals surface area (Å²) in [6.45, 7) is 5.45. The number of aromatic nitrogens is 2. The van der Waals surface area contributed by atoms with Crippen LogP contribution in [0.25, 0.3) is 10.2 Å². The molecule has 6 nitrogen and oxygen atoms in total. The third-order valence-electron chi connectivity index (χ3n) is 5.10. The maximum atomic E-state index is 12.4. The van der Waals surface area contributed by atoms with E-state index in [1.165, 1.54) is 6.42 Å². The van der Waals surface area contributed by atoms with Gasteiger partial charge in [-0.3, -0.25) is 4.79 Å². The lowest BCUT2D eigenvalue weighted by molar-refractivity contribution is -0.131. The Kier molecular flexibility index (Phi) is 4.62. The lowest BCUT2D eigenvalue weighted by atomic mass is 10.0. The van der Waals surface area contributed by atoms with Gasteiger partial charge in [-0.05, 0) is 43.3 Å². The minimum atomic E-state index is 0.310. The highest BCUT2D eigenvalue weighted by molar-refractivity contribution is 7.16. The van der Waals surface area contributed by atoms with E-state index in [2.05, 4.69) is 31.6 Å². The summed E-state index contributed by atoms with van der Waals surface area (Å²) in [5.74, 6) is 2.00. The first kappa shape index (κ1) is 15.8. The summed E-state index contributed by atoms with van der Waals surface area (Å²) in [7, 11) is 0. The molecule has 0 bridgehead atoms. The standard InChI is InChI=1S/C17H23N5OS/c23-15(2-1-13-3-5-18-11-13)21-6-8-22(9-7-21)16-14-4-10-24-17(14)20-12-19-16/h4,10,12-13,18H,1-3,5-9,11H2. The van der Waals surface area contributed by atoms with Crippen LogP contribution in [-0.4, -0.2) is 60.0 Å². The highest BCUT2D eigenvalue weighted by Crippen LogP contribution is 2.27. The van der Waals surface area contributed by atoms with Crippen LogP contribution < -0.4 is 10.2 Å². The van der Waals surface area contributed by atoms with Crippen LogP contribution in [0.15, 0.2) is 17.8 Å². The van der Waals surface area contributed by atoms with Crippen LogP contribution in [-0.2, 0) is 4.79 Å². The van der Waals surface area contributed by atoms with Gasteiger partial charge in [0, 0.05) is 32.6 Å². The van der Waals surface area contributed by atoms with E-state index >= 15 is 0 Å². The quantitative estimate of drug-likeness (QED) is 0.914. The van der Waals surface area contributed by atoms with Gasteiger partial charge in [-0.1, -0.05) is 0 Å². The normalized spacial score (nSPS) is 21.6. The zero-order valence-electron chi connectivity index (χ0n) is 13.8. The summed E-state index contributed by atoms with van der Waals surface area (Å²) in [5, 5.41) is 6.55. The van der Waals surface area contributed by atoms with E-state index in [1.54, 1.807) is 17.7 Å². The van der Waals surface area contributed by atoms with E-state index in [0.717, 1.165) is 61.7 Å². The molecule has 1 amide bonds. The monoisotopic (exact) mass is 345 g/mol. The number of carbonyl (C=O) groups is 1. The Labute approximate surface area is 145 Å². The van der Waals surface area contributed by atoms with Crippen molar-refractivity contribution in [1.82, 2.24) is 20.2 Å². The third-order valence-corrected chi connectivity index (χ3v) is 5.92. The number of anilines is 1.